The van der Waals surface area contributed by atoms with Crippen LogP contribution in [0.5, 0.6) is 0 Å². The van der Waals surface area contributed by atoms with Gasteiger partial charge in [0.25, 0.3) is 11.6 Å². The van der Waals surface area contributed by atoms with E-state index >= 15 is 0 Å². The number of furan rings is 1. The van der Waals surface area contributed by atoms with E-state index in [1.54, 1.807) is 48.7 Å². The number of non-ortho nitro benzene ring substituents is 1. The van der Waals surface area contributed by atoms with Crippen molar-refractivity contribution in [2.45, 2.75) is 0 Å². The topological polar surface area (TPSA) is 94.4 Å². The Hall–Kier alpha value is -3.84. The van der Waals surface area contributed by atoms with E-state index < -0.39 is 4.92 Å². The third-order valence-corrected chi connectivity index (χ3v) is 4.33. The molecule has 4 rings (SSSR count). The van der Waals surface area contributed by atoms with Crippen LogP contribution in [-0.4, -0.2) is 21.1 Å². The number of nitrogens with zero attached hydrogens (tertiary/aromatic N) is 4. The van der Waals surface area contributed by atoms with Crippen molar-refractivity contribution in [2.24, 2.45) is 4.99 Å². The molecule has 2 aromatic carbocycles. The SMILES string of the molecule is O=[N+]([O-])c1ccc(-c2cc(-c3ccc(Cl)cc3)nc(/N=C/c3ccco3)n2)cc1. The summed E-state index contributed by atoms with van der Waals surface area (Å²) in [5.74, 6) is 0.810. The van der Waals surface area contributed by atoms with Crippen LogP contribution in [0.2, 0.25) is 5.02 Å². The van der Waals surface area contributed by atoms with E-state index in [2.05, 4.69) is 15.0 Å². The van der Waals surface area contributed by atoms with E-state index in [0.717, 1.165) is 5.56 Å². The zero-order valence-electron chi connectivity index (χ0n) is 14.9. The van der Waals surface area contributed by atoms with Crippen molar-refractivity contribution < 1.29 is 9.34 Å². The van der Waals surface area contributed by atoms with Crippen molar-refractivity contribution in [3.8, 4) is 22.5 Å². The van der Waals surface area contributed by atoms with Crippen molar-refractivity contribution in [3.63, 3.8) is 0 Å². The van der Waals surface area contributed by atoms with E-state index in [-0.39, 0.29) is 11.6 Å². The van der Waals surface area contributed by atoms with Crippen LogP contribution in [0, 0.1) is 10.1 Å². The van der Waals surface area contributed by atoms with Crippen LogP contribution in [0.3, 0.4) is 0 Å². The summed E-state index contributed by atoms with van der Waals surface area (Å²) in [5, 5.41) is 11.5. The smallest absolute Gasteiger partial charge is 0.269 e. The molecule has 0 fully saturated rings. The van der Waals surface area contributed by atoms with Crippen molar-refractivity contribution in [2.75, 3.05) is 0 Å². The maximum Gasteiger partial charge on any atom is 0.269 e. The summed E-state index contributed by atoms with van der Waals surface area (Å²) in [6, 6.07) is 18.7. The fourth-order valence-electron chi connectivity index (χ4n) is 2.65. The molecule has 0 saturated carbocycles. The maximum atomic E-state index is 10.9. The first-order valence-electron chi connectivity index (χ1n) is 8.56. The molecule has 0 bridgehead atoms. The molecule has 0 saturated heterocycles. The summed E-state index contributed by atoms with van der Waals surface area (Å²) in [6.07, 6.45) is 3.08. The molecular formula is C21H13ClN4O3. The van der Waals surface area contributed by atoms with E-state index in [0.29, 0.717) is 27.7 Å². The fraction of sp³-hybridized carbons (Fsp3) is 0. The molecule has 7 nitrogen and oxygen atoms in total. The molecule has 0 aliphatic carbocycles. The second-order valence-electron chi connectivity index (χ2n) is 6.02. The Morgan fingerprint density at radius 2 is 1.59 bits per heavy atom. The molecule has 2 aromatic heterocycles. The molecule has 29 heavy (non-hydrogen) atoms. The Balaban J connectivity index is 1.78. The number of hydrogen-bond donors (Lipinski definition) is 0. The second-order valence-corrected chi connectivity index (χ2v) is 6.46. The third-order valence-electron chi connectivity index (χ3n) is 4.08. The predicted molar refractivity (Wildman–Crippen MR) is 111 cm³/mol. The first-order valence-corrected chi connectivity index (χ1v) is 8.94. The number of nitro groups is 1. The van der Waals surface area contributed by atoms with Gasteiger partial charge >= 0.3 is 0 Å². The van der Waals surface area contributed by atoms with Crippen LogP contribution in [-0.2, 0) is 0 Å². The van der Waals surface area contributed by atoms with E-state index in [1.165, 1.54) is 18.3 Å². The van der Waals surface area contributed by atoms with Gasteiger partial charge in [-0.15, -0.1) is 0 Å². The van der Waals surface area contributed by atoms with Gasteiger partial charge in [-0.25, -0.2) is 15.0 Å². The highest BCUT2D eigenvalue weighted by Gasteiger charge is 2.11. The highest BCUT2D eigenvalue weighted by atomic mass is 35.5. The van der Waals surface area contributed by atoms with Crippen molar-refractivity contribution in [1.82, 2.24) is 9.97 Å². The molecule has 0 N–H and O–H groups in total. The van der Waals surface area contributed by atoms with Crippen molar-refractivity contribution in [1.29, 1.82) is 0 Å². The molecule has 2 heterocycles. The van der Waals surface area contributed by atoms with Gasteiger partial charge < -0.3 is 4.42 Å². The van der Waals surface area contributed by atoms with E-state index in [9.17, 15) is 10.1 Å². The average molecular weight is 405 g/mol. The third kappa shape index (κ3) is 4.36. The van der Waals surface area contributed by atoms with Gasteiger partial charge in [-0.3, -0.25) is 10.1 Å². The second kappa shape index (κ2) is 8.04. The van der Waals surface area contributed by atoms with Crippen LogP contribution in [0.15, 0.2) is 82.4 Å². The number of aliphatic imine (C=N–C) groups is 1. The number of rotatable bonds is 5. The molecule has 0 aliphatic rings. The van der Waals surface area contributed by atoms with Gasteiger partial charge in [0, 0.05) is 28.3 Å². The molecule has 0 amide bonds. The van der Waals surface area contributed by atoms with Gasteiger partial charge in [0.05, 0.1) is 28.8 Å². The summed E-state index contributed by atoms with van der Waals surface area (Å²) in [5.41, 5.74) is 2.80. The summed E-state index contributed by atoms with van der Waals surface area (Å²) < 4.78 is 5.25. The lowest BCUT2D eigenvalue weighted by atomic mass is 10.1. The van der Waals surface area contributed by atoms with Crippen LogP contribution < -0.4 is 0 Å². The molecule has 0 unspecified atom stereocenters. The van der Waals surface area contributed by atoms with Crippen molar-refractivity contribution in [3.05, 3.63) is 93.9 Å². The Kier molecular flexibility index (Phi) is 5.13. The van der Waals surface area contributed by atoms with Gasteiger partial charge in [0.2, 0.25) is 0 Å². The zero-order chi connectivity index (χ0) is 20.2. The standard InChI is InChI=1S/C21H13ClN4O3/c22-16-7-3-14(4-8-16)19-12-20(15-5-9-17(10-6-15)26(27)28)25-21(24-19)23-13-18-2-1-11-29-18/h1-13H/b23-13+. The first kappa shape index (κ1) is 18.5. The van der Waals surface area contributed by atoms with Gasteiger partial charge in [0.15, 0.2) is 0 Å². The Labute approximate surface area is 170 Å². The van der Waals surface area contributed by atoms with Crippen LogP contribution in [0.1, 0.15) is 5.76 Å². The van der Waals surface area contributed by atoms with Gasteiger partial charge in [-0.2, -0.15) is 0 Å². The average Bonchev–Trinajstić information content (AvgIpc) is 3.26. The lowest BCUT2D eigenvalue weighted by Gasteiger charge is -2.07. The van der Waals surface area contributed by atoms with Gasteiger partial charge in [-0.05, 0) is 42.5 Å². The molecule has 8 heteroatoms. The summed E-state index contributed by atoms with van der Waals surface area (Å²) in [7, 11) is 0. The van der Waals surface area contributed by atoms with Crippen LogP contribution in [0.25, 0.3) is 22.5 Å². The molecule has 0 aliphatic heterocycles. The van der Waals surface area contributed by atoms with Crippen LogP contribution in [0.4, 0.5) is 11.6 Å². The highest BCUT2D eigenvalue weighted by molar-refractivity contribution is 6.30. The molecule has 142 valence electrons. The molecule has 0 atom stereocenters. The number of hydrogen-bond acceptors (Lipinski definition) is 6. The van der Waals surface area contributed by atoms with Gasteiger partial charge in [-0.1, -0.05) is 23.7 Å². The number of aromatic nitrogens is 2. The Bertz CT molecular complexity index is 1170. The molecule has 0 spiro atoms. The largest absolute Gasteiger partial charge is 0.463 e. The highest BCUT2D eigenvalue weighted by Crippen LogP contribution is 2.28. The van der Waals surface area contributed by atoms with Crippen molar-refractivity contribution >= 4 is 29.5 Å². The normalized spacial score (nSPS) is 11.1. The number of halogens is 1. The lowest BCUT2D eigenvalue weighted by molar-refractivity contribution is -0.384. The summed E-state index contributed by atoms with van der Waals surface area (Å²) >= 11 is 5.98. The van der Waals surface area contributed by atoms with Gasteiger partial charge in [0.1, 0.15) is 5.76 Å². The fourth-order valence-corrected chi connectivity index (χ4v) is 2.77. The molecule has 0 radical (unpaired) electrons. The quantitative estimate of drug-likeness (QED) is 0.241. The zero-order valence-corrected chi connectivity index (χ0v) is 15.7. The minimum atomic E-state index is -0.442. The summed E-state index contributed by atoms with van der Waals surface area (Å²) in [4.78, 5) is 23.8. The monoisotopic (exact) mass is 404 g/mol. The molecule has 4 aromatic rings. The first-order chi connectivity index (χ1) is 14.1. The van der Waals surface area contributed by atoms with E-state index in [4.69, 9.17) is 16.0 Å². The summed E-state index contributed by atoms with van der Waals surface area (Å²) in [6.45, 7) is 0. The van der Waals surface area contributed by atoms with Crippen LogP contribution >= 0.6 is 11.6 Å². The minimum absolute atomic E-state index is 0.0109. The maximum absolute atomic E-state index is 10.9. The Morgan fingerprint density at radius 3 is 2.14 bits per heavy atom. The Morgan fingerprint density at radius 1 is 0.966 bits per heavy atom. The number of benzene rings is 2. The minimum Gasteiger partial charge on any atom is -0.463 e. The number of nitro benzene ring substituents is 1. The lowest BCUT2D eigenvalue weighted by Crippen LogP contribution is -1.93. The predicted octanol–water partition coefficient (Wildman–Crippen LogP) is 5.72. The molecular weight excluding hydrogens is 392 g/mol. The van der Waals surface area contributed by atoms with E-state index in [1.807, 2.05) is 12.1 Å².